The van der Waals surface area contributed by atoms with Crippen molar-refractivity contribution in [2.24, 2.45) is 0 Å². The Morgan fingerprint density at radius 2 is 2.14 bits per heavy atom. The highest BCUT2D eigenvalue weighted by atomic mass is 16.1. The third-order valence-electron chi connectivity index (χ3n) is 2.45. The maximum atomic E-state index is 11.9. The van der Waals surface area contributed by atoms with E-state index >= 15 is 0 Å². The molecule has 3 rings (SSSR count). The summed E-state index contributed by atoms with van der Waals surface area (Å²) in [6.45, 7) is 0.645. The van der Waals surface area contributed by atoms with Crippen LogP contribution in [0.1, 0.15) is 5.82 Å². The summed E-state index contributed by atoms with van der Waals surface area (Å²) in [7, 11) is 0. The Labute approximate surface area is 80.3 Å². The molecule has 3 heteroatoms. The molecule has 0 bridgehead atoms. The summed E-state index contributed by atoms with van der Waals surface area (Å²) in [5.41, 5.74) is 0.825. The molecular formula is C11H8N2O. The molecule has 0 saturated heterocycles. The van der Waals surface area contributed by atoms with Crippen LogP contribution < -0.4 is 5.56 Å². The first-order chi connectivity index (χ1) is 6.86. The number of fused-ring (bicyclic) bond motifs is 2. The second-order valence-corrected chi connectivity index (χ2v) is 3.31. The van der Waals surface area contributed by atoms with Gasteiger partial charge in [-0.3, -0.25) is 9.36 Å². The van der Waals surface area contributed by atoms with Crippen LogP contribution in [0.25, 0.3) is 17.0 Å². The van der Waals surface area contributed by atoms with E-state index in [0.717, 1.165) is 11.3 Å². The second-order valence-electron chi connectivity index (χ2n) is 3.31. The number of para-hydroxylation sites is 1. The molecule has 0 radical (unpaired) electrons. The van der Waals surface area contributed by atoms with Crippen molar-refractivity contribution in [1.29, 1.82) is 0 Å². The fraction of sp³-hybridized carbons (Fsp3) is 0.0909. The van der Waals surface area contributed by atoms with Gasteiger partial charge in [0.1, 0.15) is 5.82 Å². The Bertz CT molecular complexity index is 596. The van der Waals surface area contributed by atoms with Crippen molar-refractivity contribution in [3.8, 4) is 0 Å². The zero-order chi connectivity index (χ0) is 9.54. The first-order valence-electron chi connectivity index (χ1n) is 4.52. The molecule has 0 N–H and O–H groups in total. The van der Waals surface area contributed by atoms with E-state index in [1.807, 2.05) is 36.4 Å². The molecule has 0 atom stereocenters. The van der Waals surface area contributed by atoms with Crippen molar-refractivity contribution >= 4 is 17.0 Å². The van der Waals surface area contributed by atoms with E-state index in [1.165, 1.54) is 0 Å². The van der Waals surface area contributed by atoms with E-state index < -0.39 is 0 Å². The molecule has 1 aliphatic heterocycles. The first kappa shape index (κ1) is 7.50. The number of hydrogen-bond donors (Lipinski definition) is 0. The van der Waals surface area contributed by atoms with Gasteiger partial charge in [0.25, 0.3) is 5.56 Å². The third-order valence-corrected chi connectivity index (χ3v) is 2.45. The molecule has 0 amide bonds. The predicted octanol–water partition coefficient (Wildman–Crippen LogP) is 1.42. The van der Waals surface area contributed by atoms with Crippen LogP contribution in [0.15, 0.2) is 35.1 Å². The fourth-order valence-corrected chi connectivity index (χ4v) is 1.75. The smallest absolute Gasteiger partial charge is 0.261 e. The lowest BCUT2D eigenvalue weighted by molar-refractivity contribution is 0.780. The van der Waals surface area contributed by atoms with Gasteiger partial charge in [-0.05, 0) is 18.2 Å². The lowest BCUT2D eigenvalue weighted by atomic mass is 10.2. The molecule has 0 fully saturated rings. The van der Waals surface area contributed by atoms with E-state index in [-0.39, 0.29) is 5.56 Å². The zero-order valence-corrected chi connectivity index (χ0v) is 7.47. The van der Waals surface area contributed by atoms with Gasteiger partial charge >= 0.3 is 0 Å². The number of benzene rings is 1. The molecule has 68 valence electrons. The average molecular weight is 184 g/mol. The Balaban J connectivity index is 2.54. The van der Waals surface area contributed by atoms with E-state index in [0.29, 0.717) is 11.9 Å². The lowest BCUT2D eigenvalue weighted by Gasteiger charge is -2.03. The van der Waals surface area contributed by atoms with Gasteiger partial charge in [-0.15, -0.1) is 0 Å². The van der Waals surface area contributed by atoms with Crippen molar-refractivity contribution in [1.82, 2.24) is 9.55 Å². The summed E-state index contributed by atoms with van der Waals surface area (Å²) in [4.78, 5) is 16.3. The fourth-order valence-electron chi connectivity index (χ4n) is 1.75. The normalized spacial score (nSPS) is 13.4. The summed E-state index contributed by atoms with van der Waals surface area (Å²) in [6, 6.07) is 7.44. The average Bonchev–Trinajstić information content (AvgIpc) is 2.66. The highest BCUT2D eigenvalue weighted by Crippen LogP contribution is 2.11. The van der Waals surface area contributed by atoms with Crippen LogP contribution in [0.4, 0.5) is 0 Å². The van der Waals surface area contributed by atoms with Gasteiger partial charge in [-0.1, -0.05) is 18.2 Å². The Kier molecular flexibility index (Phi) is 1.36. The maximum absolute atomic E-state index is 11.9. The molecule has 2 heterocycles. The van der Waals surface area contributed by atoms with Gasteiger partial charge in [0.2, 0.25) is 0 Å². The SMILES string of the molecule is O=c1c2ccccc2nc2n1CC=C2. The minimum atomic E-state index is 0.0515. The summed E-state index contributed by atoms with van der Waals surface area (Å²) in [6.07, 6.45) is 3.83. The molecule has 2 aromatic rings. The zero-order valence-electron chi connectivity index (χ0n) is 7.47. The number of rotatable bonds is 0. The van der Waals surface area contributed by atoms with E-state index in [2.05, 4.69) is 4.98 Å². The van der Waals surface area contributed by atoms with Gasteiger partial charge in [0, 0.05) is 6.54 Å². The Hall–Kier alpha value is -1.90. The molecule has 0 aliphatic carbocycles. The molecule has 1 aromatic carbocycles. The van der Waals surface area contributed by atoms with Crippen molar-refractivity contribution in [2.45, 2.75) is 6.54 Å². The highest BCUT2D eigenvalue weighted by molar-refractivity contribution is 5.78. The number of allylic oxidation sites excluding steroid dienone is 1. The third kappa shape index (κ3) is 0.865. The minimum Gasteiger partial charge on any atom is -0.289 e. The number of hydrogen-bond acceptors (Lipinski definition) is 2. The second kappa shape index (κ2) is 2.54. The van der Waals surface area contributed by atoms with Crippen LogP contribution in [0.5, 0.6) is 0 Å². The van der Waals surface area contributed by atoms with Gasteiger partial charge < -0.3 is 0 Å². The molecule has 1 aromatic heterocycles. The van der Waals surface area contributed by atoms with Crippen LogP contribution in [0.3, 0.4) is 0 Å². The summed E-state index contributed by atoms with van der Waals surface area (Å²) >= 11 is 0. The number of nitrogens with zero attached hydrogens (tertiary/aromatic N) is 2. The summed E-state index contributed by atoms with van der Waals surface area (Å²) in [5, 5.41) is 0.694. The lowest BCUT2D eigenvalue weighted by Crippen LogP contribution is -2.20. The van der Waals surface area contributed by atoms with E-state index in [4.69, 9.17) is 0 Å². The van der Waals surface area contributed by atoms with Crippen molar-refractivity contribution in [3.05, 3.63) is 46.5 Å². The van der Waals surface area contributed by atoms with Gasteiger partial charge in [-0.25, -0.2) is 4.98 Å². The Morgan fingerprint density at radius 1 is 1.29 bits per heavy atom. The standard InChI is InChI=1S/C11H8N2O/c14-11-8-4-1-2-5-9(8)12-10-6-3-7-13(10)11/h1-6H,7H2. The van der Waals surface area contributed by atoms with Gasteiger partial charge in [0.15, 0.2) is 0 Å². The monoisotopic (exact) mass is 184 g/mol. The summed E-state index contributed by atoms with van der Waals surface area (Å²) in [5.74, 6) is 0.758. The van der Waals surface area contributed by atoms with Crippen LogP contribution in [-0.4, -0.2) is 9.55 Å². The minimum absolute atomic E-state index is 0.0515. The van der Waals surface area contributed by atoms with Gasteiger partial charge in [-0.2, -0.15) is 0 Å². The van der Waals surface area contributed by atoms with Crippen LogP contribution >= 0.6 is 0 Å². The maximum Gasteiger partial charge on any atom is 0.261 e. The topological polar surface area (TPSA) is 34.9 Å². The van der Waals surface area contributed by atoms with E-state index in [9.17, 15) is 4.79 Å². The summed E-state index contributed by atoms with van der Waals surface area (Å²) < 4.78 is 1.68. The molecule has 0 saturated carbocycles. The molecular weight excluding hydrogens is 176 g/mol. The highest BCUT2D eigenvalue weighted by Gasteiger charge is 2.10. The molecule has 1 aliphatic rings. The predicted molar refractivity (Wildman–Crippen MR) is 55.0 cm³/mol. The Morgan fingerprint density at radius 3 is 3.07 bits per heavy atom. The van der Waals surface area contributed by atoms with Gasteiger partial charge in [0.05, 0.1) is 10.9 Å². The molecule has 3 nitrogen and oxygen atoms in total. The molecule has 0 unspecified atom stereocenters. The quantitative estimate of drug-likeness (QED) is 0.620. The van der Waals surface area contributed by atoms with Crippen LogP contribution in [-0.2, 0) is 6.54 Å². The largest absolute Gasteiger partial charge is 0.289 e. The van der Waals surface area contributed by atoms with Crippen molar-refractivity contribution in [2.75, 3.05) is 0 Å². The number of aromatic nitrogens is 2. The molecule has 14 heavy (non-hydrogen) atoms. The van der Waals surface area contributed by atoms with E-state index in [1.54, 1.807) is 4.57 Å². The van der Waals surface area contributed by atoms with Crippen molar-refractivity contribution in [3.63, 3.8) is 0 Å². The van der Waals surface area contributed by atoms with Crippen molar-refractivity contribution < 1.29 is 0 Å². The van der Waals surface area contributed by atoms with Crippen LogP contribution in [0.2, 0.25) is 0 Å². The molecule has 0 spiro atoms. The first-order valence-corrected chi connectivity index (χ1v) is 4.52. The van der Waals surface area contributed by atoms with Crippen LogP contribution in [0, 0.1) is 0 Å².